The molecule has 0 radical (unpaired) electrons. The molecule has 102 valence electrons. The molecule has 0 aliphatic rings. The van der Waals surface area contributed by atoms with Crippen LogP contribution in [-0.4, -0.2) is 22.7 Å². The summed E-state index contributed by atoms with van der Waals surface area (Å²) in [5.74, 6) is -1.39. The van der Waals surface area contributed by atoms with Crippen molar-refractivity contribution >= 4 is 18.4 Å². The minimum Gasteiger partial charge on any atom is -0.507 e. The van der Waals surface area contributed by atoms with Gasteiger partial charge in [0, 0.05) is 6.04 Å². The van der Waals surface area contributed by atoms with Crippen molar-refractivity contribution in [2.24, 2.45) is 11.5 Å². The predicted octanol–water partition coefficient (Wildman–Crippen LogP) is 1.64. The van der Waals surface area contributed by atoms with Gasteiger partial charge in [-0.2, -0.15) is 0 Å². The molecule has 0 aliphatic carbocycles. The fourth-order valence-corrected chi connectivity index (χ4v) is 1.63. The van der Waals surface area contributed by atoms with E-state index >= 15 is 0 Å². The number of nitrogens with two attached hydrogens (primary N) is 2. The molecular weight excluding hydrogens is 256 g/mol. The summed E-state index contributed by atoms with van der Waals surface area (Å²) in [5.41, 5.74) is 11.9. The van der Waals surface area contributed by atoms with E-state index in [9.17, 15) is 9.90 Å². The second kappa shape index (κ2) is 7.92. The minimum atomic E-state index is -1.15. The van der Waals surface area contributed by atoms with Crippen LogP contribution in [0.5, 0.6) is 5.75 Å². The van der Waals surface area contributed by atoms with Crippen LogP contribution in [0, 0.1) is 0 Å². The van der Waals surface area contributed by atoms with Crippen molar-refractivity contribution in [1.29, 1.82) is 0 Å². The molecule has 0 saturated heterocycles. The summed E-state index contributed by atoms with van der Waals surface area (Å²) in [7, 11) is 0. The monoisotopic (exact) mass is 274 g/mol. The summed E-state index contributed by atoms with van der Waals surface area (Å²) >= 11 is 0. The van der Waals surface area contributed by atoms with E-state index < -0.39 is 5.97 Å². The summed E-state index contributed by atoms with van der Waals surface area (Å²) < 4.78 is 0. The fourth-order valence-electron chi connectivity index (χ4n) is 1.63. The number of aromatic carboxylic acids is 1. The maximum absolute atomic E-state index is 10.8. The number of benzene rings is 1. The fraction of sp³-hybridized carbons (Fsp3) is 0.417. The highest BCUT2D eigenvalue weighted by Gasteiger charge is 2.13. The molecule has 0 aliphatic heterocycles. The van der Waals surface area contributed by atoms with Crippen molar-refractivity contribution in [3.8, 4) is 5.75 Å². The molecule has 0 amide bonds. The number of phenols is 1. The molecule has 6 N–H and O–H groups in total. The molecule has 0 aromatic heterocycles. The largest absolute Gasteiger partial charge is 0.507 e. The first-order valence-corrected chi connectivity index (χ1v) is 5.58. The average Bonchev–Trinajstić information content (AvgIpc) is 2.29. The van der Waals surface area contributed by atoms with Gasteiger partial charge in [-0.3, -0.25) is 0 Å². The Labute approximate surface area is 112 Å². The lowest BCUT2D eigenvalue weighted by Crippen LogP contribution is -2.12. The molecular formula is C12H19ClN2O3. The Balaban J connectivity index is 0.00000289. The van der Waals surface area contributed by atoms with Crippen molar-refractivity contribution in [2.45, 2.75) is 25.3 Å². The maximum atomic E-state index is 10.8. The number of carboxylic acid groups (broad SMARTS) is 1. The Hall–Kier alpha value is -1.30. The molecule has 0 saturated carbocycles. The van der Waals surface area contributed by atoms with E-state index in [4.69, 9.17) is 16.6 Å². The van der Waals surface area contributed by atoms with Crippen LogP contribution in [-0.2, 0) is 0 Å². The highest BCUT2D eigenvalue weighted by Crippen LogP contribution is 2.23. The molecule has 1 atom stereocenters. The summed E-state index contributed by atoms with van der Waals surface area (Å²) in [6.45, 7) is 0.628. The second-order valence-corrected chi connectivity index (χ2v) is 3.97. The third kappa shape index (κ3) is 4.52. The Morgan fingerprint density at radius 1 is 1.33 bits per heavy atom. The molecule has 5 nitrogen and oxygen atoms in total. The zero-order chi connectivity index (χ0) is 12.8. The molecule has 1 aromatic rings. The number of aromatic hydroxyl groups is 1. The molecule has 1 rings (SSSR count). The van der Waals surface area contributed by atoms with E-state index in [-0.39, 0.29) is 29.8 Å². The number of hydrogen-bond donors (Lipinski definition) is 4. The Morgan fingerprint density at radius 3 is 2.56 bits per heavy atom. The van der Waals surface area contributed by atoms with Crippen LogP contribution in [0.2, 0.25) is 0 Å². The van der Waals surface area contributed by atoms with E-state index in [1.807, 2.05) is 0 Å². The summed E-state index contributed by atoms with van der Waals surface area (Å²) in [6.07, 6.45) is 2.56. The van der Waals surface area contributed by atoms with Gasteiger partial charge in [-0.25, -0.2) is 4.79 Å². The number of carboxylic acids is 1. The Kier molecular flexibility index (Phi) is 7.35. The average molecular weight is 275 g/mol. The lowest BCUT2D eigenvalue weighted by atomic mass is 9.99. The highest BCUT2D eigenvalue weighted by atomic mass is 35.5. The maximum Gasteiger partial charge on any atom is 0.339 e. The van der Waals surface area contributed by atoms with Crippen LogP contribution in [0.3, 0.4) is 0 Å². The highest BCUT2D eigenvalue weighted by molar-refractivity contribution is 5.90. The van der Waals surface area contributed by atoms with Gasteiger partial charge in [-0.15, -0.1) is 12.4 Å². The van der Waals surface area contributed by atoms with Crippen molar-refractivity contribution in [2.75, 3.05) is 6.54 Å². The first kappa shape index (κ1) is 16.7. The van der Waals surface area contributed by atoms with Crippen molar-refractivity contribution < 1.29 is 15.0 Å². The van der Waals surface area contributed by atoms with E-state index in [0.717, 1.165) is 24.8 Å². The van der Waals surface area contributed by atoms with Gasteiger partial charge in [0.1, 0.15) is 11.3 Å². The van der Waals surface area contributed by atoms with Crippen molar-refractivity contribution in [1.82, 2.24) is 0 Å². The van der Waals surface area contributed by atoms with Crippen LogP contribution >= 0.6 is 12.4 Å². The lowest BCUT2D eigenvalue weighted by Gasteiger charge is -2.12. The number of hydrogen-bond acceptors (Lipinski definition) is 4. The molecule has 6 heteroatoms. The van der Waals surface area contributed by atoms with Crippen LogP contribution in [0.25, 0.3) is 0 Å². The van der Waals surface area contributed by atoms with Gasteiger partial charge in [-0.1, -0.05) is 12.5 Å². The van der Waals surface area contributed by atoms with Crippen molar-refractivity contribution in [3.63, 3.8) is 0 Å². The van der Waals surface area contributed by atoms with Gasteiger partial charge in [-0.05, 0) is 37.1 Å². The van der Waals surface area contributed by atoms with Gasteiger partial charge in [0.15, 0.2) is 0 Å². The van der Waals surface area contributed by atoms with Crippen LogP contribution in [0.4, 0.5) is 0 Å². The number of unbranched alkanes of at least 4 members (excludes halogenated alkanes) is 1. The minimum absolute atomic E-state index is 0. The molecule has 0 spiro atoms. The number of halogens is 1. The topological polar surface area (TPSA) is 110 Å². The van der Waals surface area contributed by atoms with Gasteiger partial charge in [0.2, 0.25) is 0 Å². The van der Waals surface area contributed by atoms with Crippen LogP contribution < -0.4 is 11.5 Å². The van der Waals surface area contributed by atoms with Crippen LogP contribution in [0.15, 0.2) is 18.2 Å². The zero-order valence-electron chi connectivity index (χ0n) is 10.0. The lowest BCUT2D eigenvalue weighted by molar-refractivity contribution is 0.0693. The SMILES string of the molecule is Cl.NCCCC[C@@H](N)c1ccc(O)c(C(=O)O)c1. The molecule has 0 heterocycles. The number of carbonyl (C=O) groups is 1. The Bertz CT molecular complexity index is 399. The predicted molar refractivity (Wildman–Crippen MR) is 72.1 cm³/mol. The normalized spacial score (nSPS) is 11.7. The molecule has 0 fully saturated rings. The quantitative estimate of drug-likeness (QED) is 0.590. The molecule has 0 bridgehead atoms. The van der Waals surface area contributed by atoms with E-state index in [0.29, 0.717) is 6.54 Å². The third-order valence-electron chi connectivity index (χ3n) is 2.65. The third-order valence-corrected chi connectivity index (χ3v) is 2.65. The smallest absolute Gasteiger partial charge is 0.339 e. The molecule has 18 heavy (non-hydrogen) atoms. The second-order valence-electron chi connectivity index (χ2n) is 3.97. The summed E-state index contributed by atoms with van der Waals surface area (Å²) in [5, 5.41) is 18.2. The molecule has 1 aromatic carbocycles. The first-order valence-electron chi connectivity index (χ1n) is 5.58. The molecule has 0 unspecified atom stereocenters. The standard InChI is InChI=1S/C12H18N2O3.ClH/c13-6-2-1-3-10(14)8-4-5-11(15)9(7-8)12(16)17;/h4-5,7,10,15H,1-3,6,13-14H2,(H,16,17);1H/t10-;/m1./s1. The van der Waals surface area contributed by atoms with Gasteiger partial charge in [0.25, 0.3) is 0 Å². The first-order chi connectivity index (χ1) is 8.06. The van der Waals surface area contributed by atoms with E-state index in [2.05, 4.69) is 0 Å². The van der Waals surface area contributed by atoms with E-state index in [1.165, 1.54) is 12.1 Å². The number of rotatable bonds is 6. The van der Waals surface area contributed by atoms with Crippen LogP contribution in [0.1, 0.15) is 41.2 Å². The van der Waals surface area contributed by atoms with Gasteiger partial charge in [0.05, 0.1) is 0 Å². The van der Waals surface area contributed by atoms with Gasteiger partial charge < -0.3 is 21.7 Å². The zero-order valence-corrected chi connectivity index (χ0v) is 10.8. The van der Waals surface area contributed by atoms with Crippen molar-refractivity contribution in [3.05, 3.63) is 29.3 Å². The van der Waals surface area contributed by atoms with Gasteiger partial charge >= 0.3 is 5.97 Å². The van der Waals surface area contributed by atoms with E-state index in [1.54, 1.807) is 6.07 Å². The summed E-state index contributed by atoms with van der Waals surface area (Å²) in [6, 6.07) is 4.21. The Morgan fingerprint density at radius 2 is 2.00 bits per heavy atom. The summed E-state index contributed by atoms with van der Waals surface area (Å²) in [4.78, 5) is 10.8.